The van der Waals surface area contributed by atoms with Crippen molar-refractivity contribution in [3.8, 4) is 22.3 Å². The third kappa shape index (κ3) is 4.55. The first kappa shape index (κ1) is 27.9. The van der Waals surface area contributed by atoms with Crippen LogP contribution in [0.15, 0.2) is 180 Å². The van der Waals surface area contributed by atoms with Gasteiger partial charge in [0, 0.05) is 42.3 Å². The van der Waals surface area contributed by atoms with Gasteiger partial charge in [-0.2, -0.15) is 0 Å². The molecule has 0 radical (unpaired) electrons. The van der Waals surface area contributed by atoms with E-state index in [1.54, 1.807) is 0 Å². The molecular weight excluding hydrogens is 615 g/mol. The Bertz CT molecular complexity index is 2840. The summed E-state index contributed by atoms with van der Waals surface area (Å²) in [5.41, 5.74) is 9.84. The largest absolute Gasteiger partial charge is 0.455 e. The average molecular weight is 644 g/mol. The van der Waals surface area contributed by atoms with Gasteiger partial charge in [0.1, 0.15) is 11.2 Å². The Labute approximate surface area is 287 Å². The lowest BCUT2D eigenvalue weighted by Gasteiger charge is -2.27. The Morgan fingerprint density at radius 2 is 1.12 bits per heavy atom. The van der Waals surface area contributed by atoms with Gasteiger partial charge in [-0.05, 0) is 76.2 Å². The predicted molar refractivity (Wildman–Crippen MR) is 210 cm³/mol. The van der Waals surface area contributed by atoms with Gasteiger partial charge >= 0.3 is 0 Å². The maximum atomic E-state index is 6.67. The highest BCUT2D eigenvalue weighted by Crippen LogP contribution is 2.46. The summed E-state index contributed by atoms with van der Waals surface area (Å²) in [5.74, 6) is 0. The molecule has 0 unspecified atom stereocenters. The van der Waals surface area contributed by atoms with Crippen LogP contribution in [0.5, 0.6) is 0 Å². The van der Waals surface area contributed by atoms with Gasteiger partial charge in [0.2, 0.25) is 0 Å². The summed E-state index contributed by atoms with van der Waals surface area (Å²) in [6.45, 7) is 0. The standard InChI is InChI=1S/C46H29NOS/c1-2-12-30(13-3-1)32-15-8-17-34(28-32)47(41-23-11-24-42-44(41)40-27-26-31-14-4-5-19-36(31)45(40)48-42)35-18-9-16-33(29-35)37-21-10-22-39-38-20-6-7-25-43(38)49-46(37)39/h1-29H. The van der Waals surface area contributed by atoms with Gasteiger partial charge in [0.15, 0.2) is 0 Å². The van der Waals surface area contributed by atoms with E-state index in [0.29, 0.717) is 0 Å². The average Bonchev–Trinajstić information content (AvgIpc) is 3.75. The highest BCUT2D eigenvalue weighted by molar-refractivity contribution is 7.26. The third-order valence-corrected chi connectivity index (χ3v) is 10.9. The predicted octanol–water partition coefficient (Wildman–Crippen LogP) is 13.9. The van der Waals surface area contributed by atoms with Crippen LogP contribution in [0, 0.1) is 0 Å². The van der Waals surface area contributed by atoms with E-state index in [1.165, 1.54) is 47.8 Å². The molecule has 0 saturated heterocycles. The van der Waals surface area contributed by atoms with Gasteiger partial charge in [-0.1, -0.05) is 127 Å². The van der Waals surface area contributed by atoms with E-state index in [9.17, 15) is 0 Å². The van der Waals surface area contributed by atoms with Crippen molar-refractivity contribution >= 4 is 81.3 Å². The number of hydrogen-bond acceptors (Lipinski definition) is 3. The third-order valence-electron chi connectivity index (χ3n) is 9.64. The van der Waals surface area contributed by atoms with E-state index >= 15 is 0 Å². The molecule has 0 bridgehead atoms. The number of benzene rings is 8. The first-order chi connectivity index (χ1) is 24.3. The van der Waals surface area contributed by atoms with Gasteiger partial charge in [-0.25, -0.2) is 0 Å². The highest BCUT2D eigenvalue weighted by atomic mass is 32.1. The molecule has 230 valence electrons. The Balaban J connectivity index is 1.23. The van der Waals surface area contributed by atoms with Crippen LogP contribution in [0.4, 0.5) is 17.1 Å². The van der Waals surface area contributed by atoms with Crippen LogP contribution in [0.2, 0.25) is 0 Å². The Kier molecular flexibility index (Phi) is 6.39. The smallest absolute Gasteiger partial charge is 0.143 e. The van der Waals surface area contributed by atoms with Crippen molar-refractivity contribution in [2.24, 2.45) is 0 Å². The molecule has 0 aliphatic carbocycles. The zero-order chi connectivity index (χ0) is 32.3. The molecule has 0 N–H and O–H groups in total. The Morgan fingerprint density at radius 3 is 2.00 bits per heavy atom. The molecule has 0 spiro atoms. The number of furan rings is 1. The lowest BCUT2D eigenvalue weighted by molar-refractivity contribution is 0.672. The second-order valence-electron chi connectivity index (χ2n) is 12.5. The van der Waals surface area contributed by atoms with E-state index in [1.807, 2.05) is 11.3 Å². The summed E-state index contributed by atoms with van der Waals surface area (Å²) in [6, 6.07) is 63.1. The monoisotopic (exact) mass is 643 g/mol. The molecule has 2 nitrogen and oxygen atoms in total. The number of fused-ring (bicyclic) bond motifs is 8. The molecular formula is C46H29NOS. The minimum Gasteiger partial charge on any atom is -0.455 e. The molecule has 0 fully saturated rings. The number of hydrogen-bond donors (Lipinski definition) is 0. The number of nitrogens with zero attached hydrogens (tertiary/aromatic N) is 1. The molecule has 8 aromatic carbocycles. The van der Waals surface area contributed by atoms with Crippen molar-refractivity contribution < 1.29 is 4.42 Å². The Hall–Kier alpha value is -6.16. The zero-order valence-corrected chi connectivity index (χ0v) is 27.3. The topological polar surface area (TPSA) is 16.4 Å². The van der Waals surface area contributed by atoms with Crippen molar-refractivity contribution in [2.45, 2.75) is 0 Å². The van der Waals surface area contributed by atoms with E-state index in [0.717, 1.165) is 44.4 Å². The number of anilines is 3. The molecule has 10 aromatic rings. The summed E-state index contributed by atoms with van der Waals surface area (Å²) in [5, 5.41) is 7.12. The van der Waals surface area contributed by atoms with Crippen LogP contribution in [-0.4, -0.2) is 0 Å². The fourth-order valence-corrected chi connectivity index (χ4v) is 8.63. The molecule has 3 heteroatoms. The summed E-state index contributed by atoms with van der Waals surface area (Å²) in [6.07, 6.45) is 0. The van der Waals surface area contributed by atoms with Gasteiger partial charge in [0.05, 0.1) is 11.1 Å². The van der Waals surface area contributed by atoms with Gasteiger partial charge < -0.3 is 9.32 Å². The molecule has 0 aliphatic rings. The first-order valence-corrected chi connectivity index (χ1v) is 17.4. The van der Waals surface area contributed by atoms with Crippen LogP contribution in [0.3, 0.4) is 0 Å². The molecule has 49 heavy (non-hydrogen) atoms. The number of thiophene rings is 1. The summed E-state index contributed by atoms with van der Waals surface area (Å²) >= 11 is 1.87. The van der Waals surface area contributed by atoms with Crippen LogP contribution < -0.4 is 4.90 Å². The van der Waals surface area contributed by atoms with Gasteiger partial charge in [0.25, 0.3) is 0 Å². The van der Waals surface area contributed by atoms with Crippen LogP contribution in [-0.2, 0) is 0 Å². The minimum atomic E-state index is 0.874. The molecule has 10 rings (SSSR count). The molecule has 0 aliphatic heterocycles. The maximum Gasteiger partial charge on any atom is 0.143 e. The van der Waals surface area contributed by atoms with E-state index < -0.39 is 0 Å². The van der Waals surface area contributed by atoms with Crippen LogP contribution in [0.1, 0.15) is 0 Å². The first-order valence-electron chi connectivity index (χ1n) is 16.6. The fraction of sp³-hybridized carbons (Fsp3) is 0. The maximum absolute atomic E-state index is 6.67. The van der Waals surface area contributed by atoms with Gasteiger partial charge in [-0.3, -0.25) is 0 Å². The zero-order valence-electron chi connectivity index (χ0n) is 26.5. The summed E-state index contributed by atoms with van der Waals surface area (Å²) in [7, 11) is 0. The lowest BCUT2D eigenvalue weighted by Crippen LogP contribution is -2.10. The molecule has 0 saturated carbocycles. The second kappa shape index (κ2) is 11.2. The van der Waals surface area contributed by atoms with Crippen molar-refractivity contribution in [1.82, 2.24) is 0 Å². The normalized spacial score (nSPS) is 11.7. The summed E-state index contributed by atoms with van der Waals surface area (Å²) < 4.78 is 9.29. The van der Waals surface area contributed by atoms with E-state index in [-0.39, 0.29) is 0 Å². The summed E-state index contributed by atoms with van der Waals surface area (Å²) in [4.78, 5) is 2.40. The Morgan fingerprint density at radius 1 is 0.449 bits per heavy atom. The van der Waals surface area contributed by atoms with Crippen molar-refractivity contribution in [2.75, 3.05) is 4.90 Å². The SMILES string of the molecule is c1ccc(-c2cccc(N(c3cccc(-c4cccc5c4sc4ccccc45)c3)c3cccc4oc5c6ccccc6ccc5c34)c2)cc1. The van der Waals surface area contributed by atoms with Gasteiger partial charge in [-0.15, -0.1) is 11.3 Å². The quantitative estimate of drug-likeness (QED) is 0.186. The van der Waals surface area contributed by atoms with Crippen LogP contribution >= 0.6 is 11.3 Å². The molecule has 2 heterocycles. The lowest BCUT2D eigenvalue weighted by atomic mass is 10.0. The fourth-order valence-electron chi connectivity index (χ4n) is 7.39. The molecule has 2 aromatic heterocycles. The highest BCUT2D eigenvalue weighted by Gasteiger charge is 2.21. The number of rotatable bonds is 5. The van der Waals surface area contributed by atoms with Crippen LogP contribution in [0.25, 0.3) is 75.1 Å². The molecule has 0 amide bonds. The van der Waals surface area contributed by atoms with E-state index in [2.05, 4.69) is 181 Å². The van der Waals surface area contributed by atoms with E-state index in [4.69, 9.17) is 4.42 Å². The van der Waals surface area contributed by atoms with Crippen molar-refractivity contribution in [3.63, 3.8) is 0 Å². The molecule has 0 atom stereocenters. The minimum absolute atomic E-state index is 0.874. The second-order valence-corrected chi connectivity index (χ2v) is 13.6. The van der Waals surface area contributed by atoms with Crippen molar-refractivity contribution in [1.29, 1.82) is 0 Å². The van der Waals surface area contributed by atoms with Crippen molar-refractivity contribution in [3.05, 3.63) is 176 Å².